The van der Waals surface area contributed by atoms with E-state index >= 15 is 0 Å². The highest BCUT2D eigenvalue weighted by Crippen LogP contribution is 2.21. The molecule has 0 aliphatic carbocycles. The Bertz CT molecular complexity index is 1010. The van der Waals surface area contributed by atoms with Gasteiger partial charge in [-0.1, -0.05) is 18.3 Å². The second kappa shape index (κ2) is 8.87. The molecule has 7 nitrogen and oxygen atoms in total. The molecule has 2 aromatic heterocycles. The lowest BCUT2D eigenvalue weighted by Crippen LogP contribution is -2.40. The number of aromatic nitrogens is 3. The lowest BCUT2D eigenvalue weighted by Gasteiger charge is -2.32. The zero-order chi connectivity index (χ0) is 20.2. The number of aryl methyl sites for hydroxylation is 1. The van der Waals surface area contributed by atoms with Gasteiger partial charge in [-0.3, -0.25) is 9.69 Å². The van der Waals surface area contributed by atoms with Crippen LogP contribution >= 0.6 is 11.3 Å². The highest BCUT2D eigenvalue weighted by Gasteiger charge is 2.20. The van der Waals surface area contributed by atoms with Gasteiger partial charge in [0.15, 0.2) is 0 Å². The standard InChI is InChI=1S/C20H24FN5O2S/c1-2-15-13-18(27)26-20(23-15)29-19(24-26)22-16-7-9-25(10-8-16)11-12-28-17-5-3-14(21)4-6-17/h3-6,13,16H,2,7-12H2,1H3,(H,22,24). The van der Waals surface area contributed by atoms with Crippen LogP contribution in [0.25, 0.3) is 4.96 Å². The number of fused-ring (bicyclic) bond motifs is 1. The molecule has 0 unspecified atom stereocenters. The summed E-state index contributed by atoms with van der Waals surface area (Å²) in [7, 11) is 0. The van der Waals surface area contributed by atoms with Crippen LogP contribution in [0.3, 0.4) is 0 Å². The number of nitrogens with one attached hydrogen (secondary N) is 1. The molecule has 0 bridgehead atoms. The number of likely N-dealkylation sites (tertiary alicyclic amines) is 1. The van der Waals surface area contributed by atoms with Crippen LogP contribution < -0.4 is 15.6 Å². The van der Waals surface area contributed by atoms with Crippen molar-refractivity contribution in [3.05, 3.63) is 52.2 Å². The Balaban J connectivity index is 1.25. The Labute approximate surface area is 172 Å². The number of hydrogen-bond acceptors (Lipinski definition) is 7. The maximum atomic E-state index is 12.9. The fraction of sp³-hybridized carbons (Fsp3) is 0.450. The van der Waals surface area contributed by atoms with E-state index in [1.54, 1.807) is 18.2 Å². The van der Waals surface area contributed by atoms with Gasteiger partial charge in [0.25, 0.3) is 5.56 Å². The minimum Gasteiger partial charge on any atom is -0.492 e. The molecule has 4 rings (SSSR count). The average Bonchev–Trinajstić information content (AvgIpc) is 3.14. The third-order valence-electron chi connectivity index (χ3n) is 5.07. The van der Waals surface area contributed by atoms with Gasteiger partial charge < -0.3 is 10.1 Å². The fourth-order valence-electron chi connectivity index (χ4n) is 3.39. The molecule has 1 fully saturated rings. The monoisotopic (exact) mass is 417 g/mol. The summed E-state index contributed by atoms with van der Waals surface area (Å²) in [5, 5.41) is 8.57. The number of anilines is 1. The molecule has 9 heteroatoms. The number of nitrogens with zero attached hydrogens (tertiary/aromatic N) is 4. The molecule has 0 spiro atoms. The quantitative estimate of drug-likeness (QED) is 0.637. The highest BCUT2D eigenvalue weighted by molar-refractivity contribution is 7.20. The van der Waals surface area contributed by atoms with Gasteiger partial charge in [0.05, 0.1) is 0 Å². The average molecular weight is 418 g/mol. The molecule has 1 aliphatic rings. The third kappa shape index (κ3) is 4.91. The first-order valence-electron chi connectivity index (χ1n) is 9.88. The number of halogens is 1. The first-order valence-corrected chi connectivity index (χ1v) is 10.7. The van der Waals surface area contributed by atoms with Crippen molar-refractivity contribution in [1.29, 1.82) is 0 Å². The summed E-state index contributed by atoms with van der Waals surface area (Å²) >= 11 is 1.42. The summed E-state index contributed by atoms with van der Waals surface area (Å²) < 4.78 is 20.0. The fourth-order valence-corrected chi connectivity index (χ4v) is 4.30. The van der Waals surface area contributed by atoms with E-state index in [9.17, 15) is 9.18 Å². The van der Waals surface area contributed by atoms with Gasteiger partial charge in [0.2, 0.25) is 10.1 Å². The zero-order valence-electron chi connectivity index (χ0n) is 16.3. The molecule has 1 N–H and O–H groups in total. The van der Waals surface area contributed by atoms with E-state index in [-0.39, 0.29) is 11.4 Å². The zero-order valence-corrected chi connectivity index (χ0v) is 17.1. The van der Waals surface area contributed by atoms with Gasteiger partial charge in [0, 0.05) is 37.4 Å². The van der Waals surface area contributed by atoms with Crippen LogP contribution in [0, 0.1) is 5.82 Å². The molecule has 29 heavy (non-hydrogen) atoms. The van der Waals surface area contributed by atoms with Crippen LogP contribution in [0.15, 0.2) is 35.1 Å². The number of piperidine rings is 1. The van der Waals surface area contributed by atoms with Crippen molar-refractivity contribution in [2.75, 3.05) is 31.6 Å². The number of ether oxygens (including phenoxy) is 1. The van der Waals surface area contributed by atoms with Crippen molar-refractivity contribution in [2.45, 2.75) is 32.2 Å². The summed E-state index contributed by atoms with van der Waals surface area (Å²) in [5.74, 6) is 0.431. The van der Waals surface area contributed by atoms with Gasteiger partial charge in [-0.2, -0.15) is 4.52 Å². The molecule has 1 aromatic carbocycles. The topological polar surface area (TPSA) is 71.8 Å². The minimum atomic E-state index is -0.258. The third-order valence-corrected chi connectivity index (χ3v) is 5.91. The van der Waals surface area contributed by atoms with Crippen LogP contribution in [0.4, 0.5) is 9.52 Å². The maximum Gasteiger partial charge on any atom is 0.275 e. The molecule has 1 saturated heterocycles. The summed E-state index contributed by atoms with van der Waals surface area (Å²) in [6, 6.07) is 7.97. The summed E-state index contributed by atoms with van der Waals surface area (Å²) in [6.45, 7) is 5.33. The predicted molar refractivity (Wildman–Crippen MR) is 111 cm³/mol. The Morgan fingerprint density at radius 1 is 1.28 bits per heavy atom. The van der Waals surface area contributed by atoms with E-state index in [4.69, 9.17) is 4.74 Å². The number of benzene rings is 1. The Morgan fingerprint density at radius 3 is 2.76 bits per heavy atom. The molecule has 0 radical (unpaired) electrons. The summed E-state index contributed by atoms with van der Waals surface area (Å²) in [5.41, 5.74) is 0.661. The second-order valence-corrected chi connectivity index (χ2v) is 8.06. The van der Waals surface area contributed by atoms with Crippen molar-refractivity contribution in [3.63, 3.8) is 0 Å². The van der Waals surface area contributed by atoms with Crippen LogP contribution in [0.5, 0.6) is 5.75 Å². The molecular weight excluding hydrogens is 393 g/mol. The van der Waals surface area contributed by atoms with E-state index in [0.717, 1.165) is 49.7 Å². The molecule has 0 saturated carbocycles. The molecule has 3 aromatic rings. The van der Waals surface area contributed by atoms with E-state index in [1.807, 2.05) is 6.92 Å². The van der Waals surface area contributed by atoms with Gasteiger partial charge >= 0.3 is 0 Å². The molecule has 154 valence electrons. The normalized spacial score (nSPS) is 15.7. The first-order chi connectivity index (χ1) is 14.1. The maximum absolute atomic E-state index is 12.9. The van der Waals surface area contributed by atoms with Crippen molar-refractivity contribution < 1.29 is 9.13 Å². The van der Waals surface area contributed by atoms with Gasteiger partial charge in [-0.15, -0.1) is 5.10 Å². The van der Waals surface area contributed by atoms with Gasteiger partial charge in [-0.25, -0.2) is 9.37 Å². The van der Waals surface area contributed by atoms with Crippen molar-refractivity contribution in [1.82, 2.24) is 19.5 Å². The van der Waals surface area contributed by atoms with E-state index in [2.05, 4.69) is 20.3 Å². The van der Waals surface area contributed by atoms with Crippen molar-refractivity contribution >= 4 is 21.4 Å². The van der Waals surface area contributed by atoms with Gasteiger partial charge in [-0.05, 0) is 43.5 Å². The smallest absolute Gasteiger partial charge is 0.275 e. The van der Waals surface area contributed by atoms with E-state index < -0.39 is 0 Å². The van der Waals surface area contributed by atoms with Crippen LogP contribution in [-0.2, 0) is 6.42 Å². The second-order valence-electron chi connectivity index (χ2n) is 7.10. The summed E-state index contributed by atoms with van der Waals surface area (Å²) in [6.07, 6.45) is 2.72. The number of hydrogen-bond donors (Lipinski definition) is 1. The Hall–Kier alpha value is -2.52. The summed E-state index contributed by atoms with van der Waals surface area (Å²) in [4.78, 5) is 19.6. The SMILES string of the molecule is CCc1cc(=O)n2nc(NC3CCN(CCOc4ccc(F)cc4)CC3)sc2n1. The molecular formula is C20H24FN5O2S. The predicted octanol–water partition coefficient (Wildman–Crippen LogP) is 2.81. The lowest BCUT2D eigenvalue weighted by molar-refractivity contribution is 0.177. The van der Waals surface area contributed by atoms with E-state index in [1.165, 1.54) is 28.0 Å². The van der Waals surface area contributed by atoms with Crippen molar-refractivity contribution in [2.24, 2.45) is 0 Å². The molecule has 0 amide bonds. The highest BCUT2D eigenvalue weighted by atomic mass is 32.1. The minimum absolute atomic E-state index is 0.132. The van der Waals surface area contributed by atoms with Gasteiger partial charge in [0.1, 0.15) is 18.2 Å². The van der Waals surface area contributed by atoms with Crippen LogP contribution in [-0.4, -0.2) is 51.8 Å². The van der Waals surface area contributed by atoms with Crippen molar-refractivity contribution in [3.8, 4) is 5.75 Å². The van der Waals surface area contributed by atoms with Crippen LogP contribution in [0.1, 0.15) is 25.5 Å². The lowest BCUT2D eigenvalue weighted by atomic mass is 10.1. The molecule has 1 aliphatic heterocycles. The Kier molecular flexibility index (Phi) is 6.05. The van der Waals surface area contributed by atoms with E-state index in [0.29, 0.717) is 23.4 Å². The molecule has 0 atom stereocenters. The molecule has 3 heterocycles. The Morgan fingerprint density at radius 2 is 2.03 bits per heavy atom. The number of rotatable bonds is 7. The van der Waals surface area contributed by atoms with Crippen LogP contribution in [0.2, 0.25) is 0 Å². The first kappa shape index (κ1) is 19.8. The largest absolute Gasteiger partial charge is 0.492 e.